The van der Waals surface area contributed by atoms with Crippen molar-refractivity contribution >= 4 is 6.03 Å². The second-order valence-electron chi connectivity index (χ2n) is 5.05. The highest BCUT2D eigenvalue weighted by Gasteiger charge is 2.23. The summed E-state index contributed by atoms with van der Waals surface area (Å²) in [5.41, 5.74) is 2.54. The average molecular weight is 274 g/mol. The molecule has 0 saturated heterocycles. The van der Waals surface area contributed by atoms with Gasteiger partial charge in [-0.25, -0.2) is 4.79 Å². The number of carbonyl (C=O) groups is 1. The molecule has 2 amide bonds. The van der Waals surface area contributed by atoms with Crippen molar-refractivity contribution < 1.29 is 9.90 Å². The van der Waals surface area contributed by atoms with E-state index in [0.717, 1.165) is 19.3 Å². The minimum atomic E-state index is -0.138. The van der Waals surface area contributed by atoms with Crippen LogP contribution in [-0.2, 0) is 6.42 Å². The van der Waals surface area contributed by atoms with E-state index in [1.807, 2.05) is 12.1 Å². The van der Waals surface area contributed by atoms with Crippen molar-refractivity contribution in [2.24, 2.45) is 0 Å². The topological polar surface area (TPSA) is 52.6 Å². The molecule has 20 heavy (non-hydrogen) atoms. The van der Waals surface area contributed by atoms with Gasteiger partial charge < -0.3 is 15.3 Å². The Morgan fingerprint density at radius 3 is 3.05 bits per heavy atom. The van der Waals surface area contributed by atoms with Crippen molar-refractivity contribution in [3.05, 3.63) is 48.0 Å². The molecule has 0 fully saturated rings. The second kappa shape index (κ2) is 7.10. The zero-order valence-corrected chi connectivity index (χ0v) is 11.7. The van der Waals surface area contributed by atoms with Crippen LogP contribution in [0.2, 0.25) is 0 Å². The van der Waals surface area contributed by atoms with Gasteiger partial charge in [0.1, 0.15) is 0 Å². The highest BCUT2D eigenvalue weighted by Crippen LogP contribution is 2.29. The Bertz CT molecular complexity index is 473. The van der Waals surface area contributed by atoms with Crippen LogP contribution >= 0.6 is 0 Å². The lowest BCUT2D eigenvalue weighted by Gasteiger charge is -2.29. The lowest BCUT2D eigenvalue weighted by atomic mass is 9.88. The number of rotatable bonds is 5. The van der Waals surface area contributed by atoms with Gasteiger partial charge in [0.05, 0.1) is 12.6 Å². The lowest BCUT2D eigenvalue weighted by Crippen LogP contribution is -2.43. The van der Waals surface area contributed by atoms with Crippen LogP contribution in [0.4, 0.5) is 4.79 Å². The molecule has 0 radical (unpaired) electrons. The van der Waals surface area contributed by atoms with Gasteiger partial charge in [-0.1, -0.05) is 30.3 Å². The van der Waals surface area contributed by atoms with Crippen LogP contribution in [0.3, 0.4) is 0 Å². The number of nitrogens with one attached hydrogen (secondary N) is 1. The van der Waals surface area contributed by atoms with Crippen LogP contribution in [0.25, 0.3) is 0 Å². The number of hydrogen-bond acceptors (Lipinski definition) is 2. The van der Waals surface area contributed by atoms with Crippen LogP contribution < -0.4 is 5.32 Å². The van der Waals surface area contributed by atoms with E-state index in [4.69, 9.17) is 5.11 Å². The molecule has 0 heterocycles. The number of fused-ring (bicyclic) bond motifs is 1. The van der Waals surface area contributed by atoms with Crippen LogP contribution in [0.5, 0.6) is 0 Å². The molecule has 0 saturated carbocycles. The summed E-state index contributed by atoms with van der Waals surface area (Å²) in [5.74, 6) is 0. The number of aryl methyl sites for hydroxylation is 1. The fraction of sp³-hybridized carbons (Fsp3) is 0.438. The Balaban J connectivity index is 2.06. The summed E-state index contributed by atoms with van der Waals surface area (Å²) in [7, 11) is 0. The molecule has 2 rings (SSSR count). The molecule has 0 bridgehead atoms. The van der Waals surface area contributed by atoms with Gasteiger partial charge in [0.15, 0.2) is 0 Å². The Hall–Kier alpha value is -1.81. The molecule has 1 aliphatic carbocycles. The lowest BCUT2D eigenvalue weighted by molar-refractivity contribution is 0.179. The monoisotopic (exact) mass is 274 g/mol. The molecular formula is C16H22N2O2. The summed E-state index contributed by atoms with van der Waals surface area (Å²) >= 11 is 0. The highest BCUT2D eigenvalue weighted by molar-refractivity contribution is 5.75. The Morgan fingerprint density at radius 1 is 1.50 bits per heavy atom. The van der Waals surface area contributed by atoms with Crippen LogP contribution in [0.15, 0.2) is 36.9 Å². The number of amides is 2. The zero-order chi connectivity index (χ0) is 14.4. The Kier molecular flexibility index (Phi) is 5.18. The molecule has 1 atom stereocenters. The number of aliphatic hydroxyl groups is 1. The molecule has 1 aliphatic rings. The average Bonchev–Trinajstić information content (AvgIpc) is 2.47. The summed E-state index contributed by atoms with van der Waals surface area (Å²) in [6.07, 6.45) is 4.80. The van der Waals surface area contributed by atoms with E-state index in [2.05, 4.69) is 24.0 Å². The Labute approximate surface area is 120 Å². The third-order valence-electron chi connectivity index (χ3n) is 3.67. The number of urea groups is 1. The van der Waals surface area contributed by atoms with Crippen molar-refractivity contribution in [2.75, 3.05) is 19.7 Å². The largest absolute Gasteiger partial charge is 0.395 e. The minimum Gasteiger partial charge on any atom is -0.395 e. The maximum absolute atomic E-state index is 12.3. The van der Waals surface area contributed by atoms with E-state index in [-0.39, 0.29) is 18.7 Å². The maximum atomic E-state index is 12.3. The van der Waals surface area contributed by atoms with Crippen LogP contribution in [0.1, 0.15) is 30.0 Å². The molecule has 1 aromatic rings. The molecule has 2 N–H and O–H groups in total. The second-order valence-corrected chi connectivity index (χ2v) is 5.05. The third-order valence-corrected chi connectivity index (χ3v) is 3.67. The normalized spacial score (nSPS) is 17.1. The molecule has 1 unspecified atom stereocenters. The molecule has 0 aliphatic heterocycles. The van der Waals surface area contributed by atoms with Gasteiger partial charge in [0, 0.05) is 13.1 Å². The summed E-state index contributed by atoms with van der Waals surface area (Å²) in [5, 5.41) is 12.1. The molecular weight excluding hydrogens is 252 g/mol. The van der Waals surface area contributed by atoms with E-state index >= 15 is 0 Å². The van der Waals surface area contributed by atoms with Gasteiger partial charge in [-0.2, -0.15) is 0 Å². The SMILES string of the molecule is C=CCN(CCO)C(=O)NC1CCCc2ccccc21. The first-order chi connectivity index (χ1) is 9.76. The van der Waals surface area contributed by atoms with Gasteiger partial charge in [0.2, 0.25) is 0 Å². The van der Waals surface area contributed by atoms with Crippen molar-refractivity contribution in [3.63, 3.8) is 0 Å². The van der Waals surface area contributed by atoms with Crippen molar-refractivity contribution in [1.29, 1.82) is 0 Å². The first-order valence-electron chi connectivity index (χ1n) is 7.11. The van der Waals surface area contributed by atoms with Gasteiger partial charge in [-0.05, 0) is 30.4 Å². The standard InChI is InChI=1S/C16H22N2O2/c1-2-10-18(11-12-19)16(20)17-15-9-5-7-13-6-3-4-8-14(13)15/h2-4,6,8,15,19H,1,5,7,9-12H2,(H,17,20). The van der Waals surface area contributed by atoms with Gasteiger partial charge in [-0.15, -0.1) is 6.58 Å². The smallest absolute Gasteiger partial charge is 0.318 e. The summed E-state index contributed by atoms with van der Waals surface area (Å²) in [6.45, 7) is 4.38. The first kappa shape index (κ1) is 14.6. The molecule has 1 aromatic carbocycles. The molecule has 4 nitrogen and oxygen atoms in total. The van der Waals surface area contributed by atoms with Gasteiger partial charge in [0.25, 0.3) is 0 Å². The van der Waals surface area contributed by atoms with Crippen molar-refractivity contribution in [3.8, 4) is 0 Å². The number of benzene rings is 1. The molecule has 108 valence electrons. The number of carbonyl (C=O) groups excluding carboxylic acids is 1. The Morgan fingerprint density at radius 2 is 2.30 bits per heavy atom. The van der Waals surface area contributed by atoms with Crippen molar-refractivity contribution in [2.45, 2.75) is 25.3 Å². The summed E-state index contributed by atoms with van der Waals surface area (Å²) in [4.78, 5) is 13.8. The number of aliphatic hydroxyl groups excluding tert-OH is 1. The fourth-order valence-corrected chi connectivity index (χ4v) is 2.70. The summed E-state index contributed by atoms with van der Waals surface area (Å²) < 4.78 is 0. The van der Waals surface area contributed by atoms with Crippen LogP contribution in [0, 0.1) is 0 Å². The van der Waals surface area contributed by atoms with Gasteiger partial charge >= 0.3 is 6.03 Å². The first-order valence-corrected chi connectivity index (χ1v) is 7.11. The van der Waals surface area contributed by atoms with E-state index < -0.39 is 0 Å². The molecule has 0 aromatic heterocycles. The molecule has 4 heteroatoms. The minimum absolute atomic E-state index is 0.0392. The predicted molar refractivity (Wildman–Crippen MR) is 79.5 cm³/mol. The third kappa shape index (κ3) is 3.39. The quantitative estimate of drug-likeness (QED) is 0.809. The zero-order valence-electron chi connectivity index (χ0n) is 11.7. The van der Waals surface area contributed by atoms with E-state index in [0.29, 0.717) is 13.1 Å². The predicted octanol–water partition coefficient (Wildman–Crippen LogP) is 2.25. The van der Waals surface area contributed by atoms with E-state index in [1.165, 1.54) is 11.1 Å². The van der Waals surface area contributed by atoms with Crippen LogP contribution in [-0.4, -0.2) is 35.7 Å². The fourth-order valence-electron chi connectivity index (χ4n) is 2.70. The molecule has 0 spiro atoms. The summed E-state index contributed by atoms with van der Waals surface area (Å²) in [6, 6.07) is 8.20. The van der Waals surface area contributed by atoms with E-state index in [9.17, 15) is 4.79 Å². The van der Waals surface area contributed by atoms with Gasteiger partial charge in [-0.3, -0.25) is 0 Å². The van der Waals surface area contributed by atoms with E-state index in [1.54, 1.807) is 11.0 Å². The number of hydrogen-bond donors (Lipinski definition) is 2. The number of nitrogens with zero attached hydrogens (tertiary/aromatic N) is 1. The highest BCUT2D eigenvalue weighted by atomic mass is 16.3. The maximum Gasteiger partial charge on any atom is 0.318 e. The van der Waals surface area contributed by atoms with Crippen molar-refractivity contribution in [1.82, 2.24) is 10.2 Å².